The van der Waals surface area contributed by atoms with E-state index in [2.05, 4.69) is 26.7 Å². The van der Waals surface area contributed by atoms with Crippen LogP contribution in [0.1, 0.15) is 0 Å². The molecule has 15 heavy (non-hydrogen) atoms. The fraction of sp³-hybridized carbons (Fsp3) is 0.300. The van der Waals surface area contributed by atoms with Crippen molar-refractivity contribution in [3.8, 4) is 0 Å². The Morgan fingerprint density at radius 2 is 2.20 bits per heavy atom. The van der Waals surface area contributed by atoms with E-state index in [0.717, 1.165) is 10.2 Å². The van der Waals surface area contributed by atoms with Crippen LogP contribution in [-0.2, 0) is 4.79 Å². The van der Waals surface area contributed by atoms with Crippen molar-refractivity contribution in [3.63, 3.8) is 0 Å². The van der Waals surface area contributed by atoms with E-state index in [1.165, 1.54) is 0 Å². The largest absolute Gasteiger partial charge is 0.325 e. The molecule has 0 saturated carbocycles. The van der Waals surface area contributed by atoms with Gasteiger partial charge in [0.1, 0.15) is 0 Å². The summed E-state index contributed by atoms with van der Waals surface area (Å²) in [5.41, 5.74) is 3.68. The van der Waals surface area contributed by atoms with Crippen LogP contribution in [0.5, 0.6) is 0 Å². The van der Waals surface area contributed by atoms with Crippen LogP contribution in [0.3, 0.4) is 0 Å². The molecule has 0 atom stereocenters. The lowest BCUT2D eigenvalue weighted by Gasteiger charge is -2.11. The van der Waals surface area contributed by atoms with Crippen LogP contribution in [0, 0.1) is 0 Å². The van der Waals surface area contributed by atoms with Gasteiger partial charge >= 0.3 is 0 Å². The number of carbonyl (C=O) groups is 1. The molecule has 0 heterocycles. The Kier molecular flexibility index (Phi) is 4.74. The summed E-state index contributed by atoms with van der Waals surface area (Å²) in [6, 6.07) is 7.48. The zero-order valence-electron chi connectivity index (χ0n) is 8.75. The van der Waals surface area contributed by atoms with Gasteiger partial charge in [0.25, 0.3) is 0 Å². The van der Waals surface area contributed by atoms with Gasteiger partial charge in [0.2, 0.25) is 5.91 Å². The van der Waals surface area contributed by atoms with Gasteiger partial charge < -0.3 is 5.32 Å². The number of hydrogen-bond acceptors (Lipinski definition) is 3. The van der Waals surface area contributed by atoms with Crippen molar-refractivity contribution in [3.05, 3.63) is 28.7 Å². The van der Waals surface area contributed by atoms with E-state index >= 15 is 0 Å². The summed E-state index contributed by atoms with van der Waals surface area (Å²) in [6.07, 6.45) is 0. The minimum atomic E-state index is -0.0678. The summed E-state index contributed by atoms with van der Waals surface area (Å²) in [4.78, 5) is 11.4. The Labute approximate surface area is 97.7 Å². The quantitative estimate of drug-likeness (QED) is 0.815. The summed E-state index contributed by atoms with van der Waals surface area (Å²) in [6.45, 7) is 0.263. The average molecular weight is 272 g/mol. The third-order valence-electron chi connectivity index (χ3n) is 1.66. The Hall–Kier alpha value is -0.910. The highest BCUT2D eigenvalue weighted by atomic mass is 79.9. The van der Waals surface area contributed by atoms with Crippen molar-refractivity contribution in [1.29, 1.82) is 0 Å². The van der Waals surface area contributed by atoms with E-state index < -0.39 is 0 Å². The maximum absolute atomic E-state index is 11.4. The fourth-order valence-electron chi connectivity index (χ4n) is 1.00. The zero-order valence-corrected chi connectivity index (χ0v) is 10.3. The zero-order chi connectivity index (χ0) is 11.3. The predicted octanol–water partition coefficient (Wildman–Crippen LogP) is 1.45. The number of halogens is 1. The topological polar surface area (TPSA) is 44.4 Å². The molecule has 5 heteroatoms. The lowest BCUT2D eigenvalue weighted by atomic mass is 10.3. The van der Waals surface area contributed by atoms with Gasteiger partial charge in [0.05, 0.1) is 6.54 Å². The van der Waals surface area contributed by atoms with E-state index in [1.807, 2.05) is 38.4 Å². The summed E-state index contributed by atoms with van der Waals surface area (Å²) < 4.78 is 0.945. The van der Waals surface area contributed by atoms with E-state index in [9.17, 15) is 4.79 Å². The van der Waals surface area contributed by atoms with Gasteiger partial charge in [-0.2, -0.15) is 0 Å². The molecule has 0 radical (unpaired) electrons. The Balaban J connectivity index is 2.44. The van der Waals surface area contributed by atoms with E-state index in [-0.39, 0.29) is 12.5 Å². The van der Waals surface area contributed by atoms with E-state index in [1.54, 1.807) is 5.01 Å². The van der Waals surface area contributed by atoms with Crippen LogP contribution in [0.15, 0.2) is 28.7 Å². The van der Waals surface area contributed by atoms with Gasteiger partial charge in [-0.05, 0) is 18.2 Å². The molecule has 0 unspecified atom stereocenters. The number of benzene rings is 1. The standard InChI is InChI=1S/C10H14BrN3O/c1-14(2)12-7-10(15)13-9-5-3-4-8(11)6-9/h3-6,12H,7H2,1-2H3,(H,13,15). The monoisotopic (exact) mass is 271 g/mol. The molecule has 0 aliphatic heterocycles. The number of nitrogens with one attached hydrogen (secondary N) is 2. The minimum Gasteiger partial charge on any atom is -0.325 e. The molecule has 1 aromatic rings. The third-order valence-corrected chi connectivity index (χ3v) is 2.16. The molecule has 0 bridgehead atoms. The molecular weight excluding hydrogens is 258 g/mol. The van der Waals surface area contributed by atoms with Crippen LogP contribution in [0.4, 0.5) is 5.69 Å². The number of nitrogens with zero attached hydrogens (tertiary/aromatic N) is 1. The lowest BCUT2D eigenvalue weighted by molar-refractivity contribution is -0.116. The highest BCUT2D eigenvalue weighted by molar-refractivity contribution is 9.10. The molecule has 2 N–H and O–H groups in total. The van der Waals surface area contributed by atoms with E-state index in [0.29, 0.717) is 0 Å². The van der Waals surface area contributed by atoms with Crippen molar-refractivity contribution < 1.29 is 4.79 Å². The first-order chi connectivity index (χ1) is 7.08. The molecular formula is C10H14BrN3O. The number of anilines is 1. The smallest absolute Gasteiger partial charge is 0.239 e. The van der Waals surface area contributed by atoms with Crippen LogP contribution in [-0.4, -0.2) is 31.6 Å². The van der Waals surface area contributed by atoms with Gasteiger partial charge in [0, 0.05) is 24.3 Å². The SMILES string of the molecule is CN(C)NCC(=O)Nc1cccc(Br)c1. The molecule has 0 fully saturated rings. The maximum Gasteiger partial charge on any atom is 0.239 e. The van der Waals surface area contributed by atoms with Crippen LogP contribution < -0.4 is 10.7 Å². The van der Waals surface area contributed by atoms with Gasteiger partial charge in [-0.25, -0.2) is 5.43 Å². The van der Waals surface area contributed by atoms with Crippen molar-refractivity contribution in [2.24, 2.45) is 0 Å². The third kappa shape index (κ3) is 4.92. The number of carbonyl (C=O) groups excluding carboxylic acids is 1. The van der Waals surface area contributed by atoms with Crippen molar-refractivity contribution in [2.75, 3.05) is 26.0 Å². The van der Waals surface area contributed by atoms with Crippen molar-refractivity contribution >= 4 is 27.5 Å². The molecule has 82 valence electrons. The molecule has 0 aliphatic rings. The molecule has 1 aromatic carbocycles. The number of hydrazine groups is 1. The molecule has 0 saturated heterocycles. The number of rotatable bonds is 4. The molecule has 0 aliphatic carbocycles. The average Bonchev–Trinajstić information content (AvgIpc) is 2.15. The summed E-state index contributed by atoms with van der Waals surface area (Å²) in [7, 11) is 3.68. The van der Waals surface area contributed by atoms with Gasteiger partial charge in [0.15, 0.2) is 0 Å². The highest BCUT2D eigenvalue weighted by Gasteiger charge is 2.02. The minimum absolute atomic E-state index is 0.0678. The second-order valence-corrected chi connectivity index (χ2v) is 4.20. The normalized spacial score (nSPS) is 10.4. The Morgan fingerprint density at radius 3 is 2.80 bits per heavy atom. The van der Waals surface area contributed by atoms with E-state index in [4.69, 9.17) is 0 Å². The first-order valence-electron chi connectivity index (χ1n) is 4.54. The Bertz CT molecular complexity index is 341. The van der Waals surface area contributed by atoms with Crippen LogP contribution in [0.25, 0.3) is 0 Å². The second kappa shape index (κ2) is 5.85. The number of amides is 1. The maximum atomic E-state index is 11.4. The highest BCUT2D eigenvalue weighted by Crippen LogP contribution is 2.15. The first-order valence-corrected chi connectivity index (χ1v) is 5.33. The van der Waals surface area contributed by atoms with Gasteiger partial charge in [-0.1, -0.05) is 22.0 Å². The van der Waals surface area contributed by atoms with Crippen molar-refractivity contribution in [2.45, 2.75) is 0 Å². The first kappa shape index (κ1) is 12.2. The molecule has 1 rings (SSSR count). The summed E-state index contributed by atoms with van der Waals surface area (Å²) >= 11 is 3.34. The molecule has 1 amide bonds. The second-order valence-electron chi connectivity index (χ2n) is 3.29. The lowest BCUT2D eigenvalue weighted by Crippen LogP contribution is -2.37. The molecule has 4 nitrogen and oxygen atoms in total. The molecule has 0 spiro atoms. The molecule has 0 aromatic heterocycles. The van der Waals surface area contributed by atoms with Gasteiger partial charge in [-0.3, -0.25) is 9.80 Å². The van der Waals surface area contributed by atoms with Crippen LogP contribution in [0.2, 0.25) is 0 Å². The summed E-state index contributed by atoms with van der Waals surface area (Å²) in [5, 5.41) is 4.52. The fourth-order valence-corrected chi connectivity index (χ4v) is 1.40. The van der Waals surface area contributed by atoms with Crippen molar-refractivity contribution in [1.82, 2.24) is 10.4 Å². The number of hydrogen-bond donors (Lipinski definition) is 2. The summed E-state index contributed by atoms with van der Waals surface area (Å²) in [5.74, 6) is -0.0678. The predicted molar refractivity (Wildman–Crippen MR) is 64.5 cm³/mol. The Morgan fingerprint density at radius 1 is 1.47 bits per heavy atom. The van der Waals surface area contributed by atoms with Crippen LogP contribution >= 0.6 is 15.9 Å². The van der Waals surface area contributed by atoms with Gasteiger partial charge in [-0.15, -0.1) is 0 Å².